The molecule has 42 heavy (non-hydrogen) atoms. The molecular formula is C30H28BrClN4O5S. The van der Waals surface area contributed by atoms with Crippen LogP contribution in [0.15, 0.2) is 87.6 Å². The molecule has 1 aliphatic rings. The van der Waals surface area contributed by atoms with Gasteiger partial charge in [-0.05, 0) is 68.0 Å². The normalized spacial score (nSPS) is 14.7. The number of para-hydroxylation sites is 1. The topological polar surface area (TPSA) is 110 Å². The summed E-state index contributed by atoms with van der Waals surface area (Å²) in [5.41, 5.74) is 5.66. The molecule has 0 bridgehead atoms. The average Bonchev–Trinajstić information content (AvgIpc) is 2.96. The summed E-state index contributed by atoms with van der Waals surface area (Å²) in [6.07, 6.45) is 1.49. The molecule has 3 N–H and O–H groups in total. The summed E-state index contributed by atoms with van der Waals surface area (Å²) in [4.78, 5) is 25.4. The zero-order chi connectivity index (χ0) is 30.1. The first kappa shape index (κ1) is 31.0. The van der Waals surface area contributed by atoms with Crippen LogP contribution in [0.25, 0.3) is 0 Å². The van der Waals surface area contributed by atoms with Crippen LogP contribution in [0.2, 0.25) is 5.02 Å². The zero-order valence-corrected chi connectivity index (χ0v) is 25.9. The second kappa shape index (κ2) is 14.8. The number of halogens is 2. The number of hydrogen-bond acceptors (Lipinski definition) is 7. The molecule has 9 nitrogen and oxygen atoms in total. The number of carbonyl (C=O) groups excluding carboxylic acids is 2. The molecule has 3 aromatic carbocycles. The van der Waals surface area contributed by atoms with Gasteiger partial charge in [0.15, 0.2) is 11.7 Å². The van der Waals surface area contributed by atoms with Gasteiger partial charge in [0.25, 0.3) is 5.91 Å². The van der Waals surface area contributed by atoms with Crippen molar-refractivity contribution in [2.45, 2.75) is 26.5 Å². The number of amides is 1. The first-order valence-corrected chi connectivity index (χ1v) is 14.5. The van der Waals surface area contributed by atoms with Crippen LogP contribution in [0.5, 0.6) is 11.5 Å². The van der Waals surface area contributed by atoms with E-state index in [9.17, 15) is 9.59 Å². The standard InChI is InChI=1S/C30H28BrClN4O5S/c1-3-39-29(38)27-18(2)34-30(42)35-28(27)23-6-4-5-7-25(23)41-17-26(37)36-33-15-20-14-21(31)10-13-24(20)40-16-19-8-11-22(32)12-9-19/h4-15,28H,3,16-17H2,1-2H3,(H,36,37)(H2,34,35,42)/t28-/m1/s1. The third-order valence-corrected chi connectivity index (χ3v) is 6.99. The lowest BCUT2D eigenvalue weighted by Gasteiger charge is -2.30. The average molecular weight is 672 g/mol. The van der Waals surface area contributed by atoms with Gasteiger partial charge >= 0.3 is 5.97 Å². The van der Waals surface area contributed by atoms with Crippen LogP contribution in [-0.4, -0.2) is 36.4 Å². The summed E-state index contributed by atoms with van der Waals surface area (Å²) >= 11 is 14.7. The van der Waals surface area contributed by atoms with E-state index in [1.54, 1.807) is 44.2 Å². The van der Waals surface area contributed by atoms with Crippen LogP contribution in [0.3, 0.4) is 0 Å². The van der Waals surface area contributed by atoms with Crippen molar-refractivity contribution in [2.75, 3.05) is 13.2 Å². The van der Waals surface area contributed by atoms with Crippen LogP contribution < -0.4 is 25.5 Å². The van der Waals surface area contributed by atoms with E-state index in [1.165, 1.54) is 6.21 Å². The molecule has 0 spiro atoms. The van der Waals surface area contributed by atoms with Crippen LogP contribution in [0.4, 0.5) is 0 Å². The van der Waals surface area contributed by atoms with Crippen molar-refractivity contribution in [3.05, 3.63) is 104 Å². The van der Waals surface area contributed by atoms with E-state index in [1.807, 2.05) is 36.4 Å². The van der Waals surface area contributed by atoms with Gasteiger partial charge in [0.05, 0.1) is 24.4 Å². The quantitative estimate of drug-likeness (QED) is 0.105. The van der Waals surface area contributed by atoms with Crippen LogP contribution in [-0.2, 0) is 20.9 Å². The molecule has 0 radical (unpaired) electrons. The van der Waals surface area contributed by atoms with Crippen LogP contribution in [0, 0.1) is 0 Å². The summed E-state index contributed by atoms with van der Waals surface area (Å²) in [7, 11) is 0. The highest BCUT2D eigenvalue weighted by atomic mass is 79.9. The van der Waals surface area contributed by atoms with Crippen molar-refractivity contribution >= 4 is 63.0 Å². The molecule has 0 fully saturated rings. The Morgan fingerprint density at radius 2 is 1.86 bits per heavy atom. The smallest absolute Gasteiger partial charge is 0.338 e. The maximum Gasteiger partial charge on any atom is 0.338 e. The van der Waals surface area contributed by atoms with Crippen LogP contribution >= 0.6 is 39.7 Å². The van der Waals surface area contributed by atoms with Crippen molar-refractivity contribution in [1.82, 2.24) is 16.1 Å². The predicted molar refractivity (Wildman–Crippen MR) is 169 cm³/mol. The van der Waals surface area contributed by atoms with E-state index in [4.69, 9.17) is 38.0 Å². The van der Waals surface area contributed by atoms with Crippen molar-refractivity contribution < 1.29 is 23.8 Å². The van der Waals surface area contributed by atoms with E-state index in [-0.39, 0.29) is 13.2 Å². The van der Waals surface area contributed by atoms with E-state index in [0.717, 1.165) is 10.0 Å². The number of rotatable bonds is 11. The number of nitrogens with zero attached hydrogens (tertiary/aromatic N) is 1. The third-order valence-electron chi connectivity index (χ3n) is 6.03. The first-order valence-electron chi connectivity index (χ1n) is 12.9. The summed E-state index contributed by atoms with van der Waals surface area (Å²) in [5, 5.41) is 11.2. The van der Waals surface area contributed by atoms with Gasteiger partial charge in [-0.25, -0.2) is 10.2 Å². The maximum atomic E-state index is 12.7. The highest BCUT2D eigenvalue weighted by Crippen LogP contribution is 2.33. The molecule has 0 unspecified atom stereocenters. The van der Waals surface area contributed by atoms with Crippen molar-refractivity contribution in [3.8, 4) is 11.5 Å². The van der Waals surface area contributed by atoms with Gasteiger partial charge in [-0.1, -0.05) is 57.9 Å². The number of carbonyl (C=O) groups is 2. The Bertz CT molecular complexity index is 1530. The number of ether oxygens (including phenoxy) is 3. The molecule has 0 saturated carbocycles. The number of esters is 1. The molecular weight excluding hydrogens is 644 g/mol. The monoisotopic (exact) mass is 670 g/mol. The SMILES string of the molecule is CCOC(=O)C1=C(C)NC(=S)N[C@@H]1c1ccccc1OCC(=O)NN=Cc1cc(Br)ccc1OCc1ccc(Cl)cc1. The summed E-state index contributed by atoms with van der Waals surface area (Å²) in [6.45, 7) is 3.73. The van der Waals surface area contributed by atoms with Gasteiger partial charge in [-0.15, -0.1) is 0 Å². The Kier molecular flexibility index (Phi) is 10.9. The van der Waals surface area contributed by atoms with Gasteiger partial charge < -0.3 is 24.8 Å². The van der Waals surface area contributed by atoms with Gasteiger partial charge in [0.2, 0.25) is 0 Å². The number of benzene rings is 3. The molecule has 1 aliphatic heterocycles. The Morgan fingerprint density at radius 1 is 1.10 bits per heavy atom. The van der Waals surface area contributed by atoms with Crippen molar-refractivity contribution in [3.63, 3.8) is 0 Å². The van der Waals surface area contributed by atoms with Crippen molar-refractivity contribution in [2.24, 2.45) is 5.10 Å². The second-order valence-corrected chi connectivity index (χ2v) is 10.8. The molecule has 1 atom stereocenters. The van der Waals surface area contributed by atoms with E-state index < -0.39 is 17.9 Å². The summed E-state index contributed by atoms with van der Waals surface area (Å²) < 4.78 is 17.9. The number of hydrazone groups is 1. The Hall–Kier alpha value is -3.93. The number of nitrogens with one attached hydrogen (secondary N) is 3. The molecule has 218 valence electrons. The molecule has 0 aliphatic carbocycles. The molecule has 12 heteroatoms. The molecule has 4 rings (SSSR count). The second-order valence-electron chi connectivity index (χ2n) is 9.01. The van der Waals surface area contributed by atoms with Crippen molar-refractivity contribution in [1.29, 1.82) is 0 Å². The highest BCUT2D eigenvalue weighted by molar-refractivity contribution is 9.10. The summed E-state index contributed by atoms with van der Waals surface area (Å²) in [6, 6.07) is 19.3. The van der Waals surface area contributed by atoms with E-state index >= 15 is 0 Å². The number of hydrogen-bond donors (Lipinski definition) is 3. The minimum Gasteiger partial charge on any atom is -0.488 e. The van der Waals surface area contributed by atoms with Gasteiger partial charge in [0, 0.05) is 26.3 Å². The Labute approximate surface area is 262 Å². The third kappa shape index (κ3) is 8.31. The Balaban J connectivity index is 1.41. The molecule has 3 aromatic rings. The van der Waals surface area contributed by atoms with E-state index in [2.05, 4.69) is 37.1 Å². The fraction of sp³-hybridized carbons (Fsp3) is 0.200. The minimum absolute atomic E-state index is 0.224. The highest BCUT2D eigenvalue weighted by Gasteiger charge is 2.32. The lowest BCUT2D eigenvalue weighted by Crippen LogP contribution is -2.45. The zero-order valence-electron chi connectivity index (χ0n) is 22.8. The molecule has 1 heterocycles. The summed E-state index contributed by atoms with van der Waals surface area (Å²) in [5.74, 6) is 0.0297. The lowest BCUT2D eigenvalue weighted by atomic mass is 9.95. The van der Waals surface area contributed by atoms with Gasteiger partial charge in [-0.3, -0.25) is 4.79 Å². The minimum atomic E-state index is -0.627. The fourth-order valence-electron chi connectivity index (χ4n) is 4.10. The number of thiocarbonyl (C=S) groups is 1. The molecule has 1 amide bonds. The Morgan fingerprint density at radius 3 is 2.62 bits per heavy atom. The number of allylic oxidation sites excluding steroid dienone is 1. The van der Waals surface area contributed by atoms with Gasteiger partial charge in [0.1, 0.15) is 18.1 Å². The van der Waals surface area contributed by atoms with Gasteiger partial charge in [-0.2, -0.15) is 5.10 Å². The van der Waals surface area contributed by atoms with E-state index in [0.29, 0.717) is 50.6 Å². The molecule has 0 aromatic heterocycles. The largest absolute Gasteiger partial charge is 0.488 e. The fourth-order valence-corrected chi connectivity index (χ4v) is 4.88. The van der Waals surface area contributed by atoms with Crippen LogP contribution in [0.1, 0.15) is 36.6 Å². The first-order chi connectivity index (χ1) is 20.2. The lowest BCUT2D eigenvalue weighted by molar-refractivity contribution is -0.139. The molecule has 0 saturated heterocycles. The predicted octanol–water partition coefficient (Wildman–Crippen LogP) is 5.57. The maximum absolute atomic E-state index is 12.7.